The van der Waals surface area contributed by atoms with Crippen LogP contribution in [0.1, 0.15) is 20.2 Å². The maximum absolute atomic E-state index is 13.2. The molecular formula is C11H4ClF4NOS. The molecule has 0 bridgehead atoms. The molecule has 0 spiro atoms. The van der Waals surface area contributed by atoms with Crippen LogP contribution in [0.15, 0.2) is 24.4 Å². The van der Waals surface area contributed by atoms with Gasteiger partial charge in [0.15, 0.2) is 5.01 Å². The number of thiazole rings is 1. The van der Waals surface area contributed by atoms with Crippen LogP contribution >= 0.6 is 22.9 Å². The van der Waals surface area contributed by atoms with Gasteiger partial charge in [0.05, 0.1) is 9.90 Å². The van der Waals surface area contributed by atoms with E-state index in [9.17, 15) is 22.4 Å². The molecule has 0 fully saturated rings. The largest absolute Gasteiger partial charge is 0.443 e. The Labute approximate surface area is 113 Å². The van der Waals surface area contributed by atoms with E-state index in [1.165, 1.54) is 12.1 Å². The Bertz CT molecular complexity index is 638. The Kier molecular flexibility index (Phi) is 3.60. The first kappa shape index (κ1) is 14.0. The van der Waals surface area contributed by atoms with Crippen LogP contribution in [0.3, 0.4) is 0 Å². The monoisotopic (exact) mass is 309 g/mol. The molecule has 0 aliphatic rings. The maximum atomic E-state index is 13.2. The van der Waals surface area contributed by atoms with Crippen molar-refractivity contribution in [2.24, 2.45) is 0 Å². The fourth-order valence-electron chi connectivity index (χ4n) is 1.32. The summed E-state index contributed by atoms with van der Waals surface area (Å²) in [6.07, 6.45) is -3.81. The smallest absolute Gasteiger partial charge is 0.288 e. The summed E-state index contributed by atoms with van der Waals surface area (Å²) in [5.41, 5.74) is -0.195. The van der Waals surface area contributed by atoms with Crippen LogP contribution in [0.5, 0.6) is 0 Å². The van der Waals surface area contributed by atoms with Crippen molar-refractivity contribution in [1.82, 2.24) is 4.98 Å². The lowest BCUT2D eigenvalue weighted by molar-refractivity contribution is -0.137. The van der Waals surface area contributed by atoms with Crippen LogP contribution in [-0.2, 0) is 6.18 Å². The number of aromatic nitrogens is 1. The van der Waals surface area contributed by atoms with Gasteiger partial charge in [0, 0.05) is 11.8 Å². The summed E-state index contributed by atoms with van der Waals surface area (Å²) < 4.78 is 50.3. The molecule has 1 heterocycles. The van der Waals surface area contributed by atoms with Gasteiger partial charge in [-0.25, -0.2) is 9.37 Å². The van der Waals surface area contributed by atoms with E-state index in [4.69, 9.17) is 11.6 Å². The van der Waals surface area contributed by atoms with Crippen LogP contribution in [0.4, 0.5) is 17.6 Å². The first-order valence-corrected chi connectivity index (χ1v) is 6.02. The van der Waals surface area contributed by atoms with E-state index in [0.717, 1.165) is 12.3 Å². The van der Waals surface area contributed by atoms with Gasteiger partial charge in [-0.1, -0.05) is 17.7 Å². The van der Waals surface area contributed by atoms with Crippen LogP contribution in [-0.4, -0.2) is 10.8 Å². The number of nitrogens with zero attached hydrogens (tertiary/aromatic N) is 1. The lowest BCUT2D eigenvalue weighted by atomic mass is 10.1. The molecule has 8 heteroatoms. The first-order chi connectivity index (χ1) is 8.80. The van der Waals surface area contributed by atoms with Crippen molar-refractivity contribution >= 4 is 28.7 Å². The van der Waals surface area contributed by atoms with E-state index in [1.54, 1.807) is 0 Å². The fraction of sp³-hybridized carbons (Fsp3) is 0.0909. The van der Waals surface area contributed by atoms with Gasteiger partial charge in [-0.3, -0.25) is 4.79 Å². The zero-order valence-electron chi connectivity index (χ0n) is 8.96. The number of rotatable bonds is 2. The third-order valence-corrected chi connectivity index (χ3v) is 3.59. The minimum Gasteiger partial charge on any atom is -0.288 e. The van der Waals surface area contributed by atoms with Gasteiger partial charge in [0.2, 0.25) is 5.78 Å². The number of halogens is 5. The summed E-state index contributed by atoms with van der Waals surface area (Å²) >= 11 is 5.79. The van der Waals surface area contributed by atoms with Crippen LogP contribution in [0, 0.1) is 5.82 Å². The van der Waals surface area contributed by atoms with Crippen LogP contribution in [0.25, 0.3) is 0 Å². The molecule has 0 aliphatic heterocycles. The van der Waals surface area contributed by atoms with Gasteiger partial charge >= 0.3 is 6.18 Å². The second-order valence-corrected chi connectivity index (χ2v) is 4.87. The van der Waals surface area contributed by atoms with E-state index < -0.39 is 27.8 Å². The standard InChI is InChI=1S/C11H4ClF4NOS/c12-8-5(2-1-3-6(8)13)9(18)7-4-17-10(19-7)11(14,15)16/h1-4H. The molecule has 0 aliphatic carbocycles. The summed E-state index contributed by atoms with van der Waals surface area (Å²) in [7, 11) is 0. The number of hydrogen-bond acceptors (Lipinski definition) is 3. The summed E-state index contributed by atoms with van der Waals surface area (Å²) in [5.74, 6) is -1.61. The van der Waals surface area contributed by atoms with Gasteiger partial charge in [-0.05, 0) is 12.1 Å². The number of carbonyl (C=O) groups excluding carboxylic acids is 1. The molecular weight excluding hydrogens is 306 g/mol. The molecule has 19 heavy (non-hydrogen) atoms. The van der Waals surface area contributed by atoms with Crippen molar-refractivity contribution in [3.8, 4) is 0 Å². The van der Waals surface area contributed by atoms with Gasteiger partial charge in [-0.2, -0.15) is 13.2 Å². The average molecular weight is 310 g/mol. The van der Waals surface area contributed by atoms with Crippen molar-refractivity contribution in [3.05, 3.63) is 50.7 Å². The Morgan fingerprint density at radius 1 is 1.32 bits per heavy atom. The Balaban J connectivity index is 2.40. The number of carbonyl (C=O) groups is 1. The minimum absolute atomic E-state index is 0.191. The SMILES string of the molecule is O=C(c1cnc(C(F)(F)F)s1)c1cccc(F)c1Cl. The van der Waals surface area contributed by atoms with Crippen molar-refractivity contribution < 1.29 is 22.4 Å². The number of hydrogen-bond donors (Lipinski definition) is 0. The number of ketones is 1. The third-order valence-electron chi connectivity index (χ3n) is 2.17. The Morgan fingerprint density at radius 3 is 2.58 bits per heavy atom. The molecule has 0 amide bonds. The highest BCUT2D eigenvalue weighted by molar-refractivity contribution is 7.14. The molecule has 0 atom stereocenters. The maximum Gasteiger partial charge on any atom is 0.443 e. The minimum atomic E-state index is -4.62. The van der Waals surface area contributed by atoms with Crippen molar-refractivity contribution in [3.63, 3.8) is 0 Å². The molecule has 0 radical (unpaired) electrons. The van der Waals surface area contributed by atoms with Gasteiger partial charge in [-0.15, -0.1) is 11.3 Å². The number of alkyl halides is 3. The molecule has 0 N–H and O–H groups in total. The van der Waals surface area contributed by atoms with E-state index in [2.05, 4.69) is 4.98 Å². The van der Waals surface area contributed by atoms with Gasteiger partial charge in [0.25, 0.3) is 0 Å². The molecule has 1 aromatic heterocycles. The van der Waals surface area contributed by atoms with E-state index in [1.807, 2.05) is 0 Å². The van der Waals surface area contributed by atoms with E-state index in [0.29, 0.717) is 0 Å². The molecule has 0 unspecified atom stereocenters. The zero-order valence-corrected chi connectivity index (χ0v) is 10.5. The summed E-state index contributed by atoms with van der Waals surface area (Å²) in [6, 6.07) is 3.54. The normalized spacial score (nSPS) is 11.6. The summed E-state index contributed by atoms with van der Waals surface area (Å²) in [6.45, 7) is 0. The van der Waals surface area contributed by atoms with Gasteiger partial charge < -0.3 is 0 Å². The predicted molar refractivity (Wildman–Crippen MR) is 62.0 cm³/mol. The third kappa shape index (κ3) is 2.76. The highest BCUT2D eigenvalue weighted by Gasteiger charge is 2.35. The quantitative estimate of drug-likeness (QED) is 0.615. The topological polar surface area (TPSA) is 30.0 Å². The zero-order chi connectivity index (χ0) is 14.2. The van der Waals surface area contributed by atoms with E-state index >= 15 is 0 Å². The Hall–Kier alpha value is -1.47. The molecule has 2 aromatic rings. The van der Waals surface area contributed by atoms with Crippen LogP contribution in [0.2, 0.25) is 5.02 Å². The number of benzene rings is 1. The molecule has 2 rings (SSSR count). The molecule has 1 aromatic carbocycles. The van der Waals surface area contributed by atoms with Gasteiger partial charge in [0.1, 0.15) is 5.82 Å². The molecule has 2 nitrogen and oxygen atoms in total. The Morgan fingerprint density at radius 2 is 2.00 bits per heavy atom. The first-order valence-electron chi connectivity index (χ1n) is 4.82. The molecule has 0 saturated heterocycles. The average Bonchev–Trinajstić information content (AvgIpc) is 2.81. The van der Waals surface area contributed by atoms with Crippen molar-refractivity contribution in [2.75, 3.05) is 0 Å². The molecule has 0 saturated carbocycles. The highest BCUT2D eigenvalue weighted by Crippen LogP contribution is 2.33. The highest BCUT2D eigenvalue weighted by atomic mass is 35.5. The van der Waals surface area contributed by atoms with E-state index in [-0.39, 0.29) is 21.8 Å². The lowest BCUT2D eigenvalue weighted by Crippen LogP contribution is -2.03. The fourth-order valence-corrected chi connectivity index (χ4v) is 2.27. The predicted octanol–water partition coefficient (Wildman–Crippen LogP) is 4.19. The molecule has 100 valence electrons. The lowest BCUT2D eigenvalue weighted by Gasteiger charge is -2.02. The second-order valence-electron chi connectivity index (χ2n) is 3.46. The van der Waals surface area contributed by atoms with Crippen molar-refractivity contribution in [1.29, 1.82) is 0 Å². The summed E-state index contributed by atoms with van der Waals surface area (Å²) in [5, 5.41) is -1.56. The summed E-state index contributed by atoms with van der Waals surface area (Å²) in [4.78, 5) is 14.8. The van der Waals surface area contributed by atoms with Crippen molar-refractivity contribution in [2.45, 2.75) is 6.18 Å². The second kappa shape index (κ2) is 4.90. The van der Waals surface area contributed by atoms with Crippen LogP contribution < -0.4 is 0 Å².